The molecule has 4 N–H and O–H groups in total. The number of nitrogens with two attached hydrogens (primary N) is 1. The number of hydrogen-bond donors (Lipinski definition) is 3. The molecular formula is C9H11N3O2. The summed E-state index contributed by atoms with van der Waals surface area (Å²) < 4.78 is 0. The van der Waals surface area contributed by atoms with Crippen molar-refractivity contribution in [2.45, 2.75) is 0 Å². The van der Waals surface area contributed by atoms with Crippen molar-refractivity contribution in [3.8, 4) is 5.75 Å². The number of hydrogen-bond acceptors (Lipinski definition) is 4. The second-order valence-electron chi connectivity index (χ2n) is 2.55. The predicted octanol–water partition coefficient (Wildman–Crippen LogP) is 0.0756. The maximum absolute atomic E-state index is 9.31. The van der Waals surface area contributed by atoms with E-state index in [0.717, 1.165) is 0 Å². The molecule has 0 fully saturated rings. The molecule has 1 aromatic carbocycles. The van der Waals surface area contributed by atoms with E-state index >= 15 is 0 Å². The molecule has 0 aliphatic rings. The van der Waals surface area contributed by atoms with Crippen LogP contribution < -0.4 is 5.73 Å². The predicted molar refractivity (Wildman–Crippen MR) is 54.4 cm³/mol. The minimum Gasteiger partial charge on any atom is -0.507 e. The Kier molecular flexibility index (Phi) is 3.63. The first kappa shape index (κ1) is 10.2. The van der Waals surface area contributed by atoms with E-state index < -0.39 is 0 Å². The maximum Gasteiger partial charge on any atom is 0.148 e. The molecule has 1 aromatic rings. The molecule has 1 rings (SSSR count). The van der Waals surface area contributed by atoms with Gasteiger partial charge in [0.2, 0.25) is 0 Å². The number of phenolic OH excluding ortho intramolecular Hbond substituents is 1. The normalized spacial score (nSPS) is 12.2. The fraction of sp³-hybridized carbons (Fsp3) is 0.111. The number of phenols is 1. The van der Waals surface area contributed by atoms with Crippen molar-refractivity contribution in [2.24, 2.45) is 15.9 Å². The summed E-state index contributed by atoms with van der Waals surface area (Å²) in [5.41, 5.74) is 5.74. The molecule has 0 atom stereocenters. The van der Waals surface area contributed by atoms with Gasteiger partial charge in [-0.05, 0) is 12.1 Å². The SMILES string of the molecule is N/C(CO)=N/N=C/c1ccccc1O. The molecule has 5 heteroatoms. The zero-order chi connectivity index (χ0) is 10.4. The van der Waals surface area contributed by atoms with Gasteiger partial charge in [-0.1, -0.05) is 12.1 Å². The fourth-order valence-electron chi connectivity index (χ4n) is 0.794. The van der Waals surface area contributed by atoms with E-state index in [1.807, 2.05) is 0 Å². The summed E-state index contributed by atoms with van der Waals surface area (Å²) in [6.07, 6.45) is 1.36. The molecule has 0 saturated heterocycles. The standard InChI is InChI=1S/C9H11N3O2/c10-9(6-13)12-11-5-7-3-1-2-4-8(7)14/h1-5,13-14H,6H2,(H2,10,12)/b11-5+. The maximum atomic E-state index is 9.31. The van der Waals surface area contributed by atoms with Gasteiger partial charge in [0.15, 0.2) is 0 Å². The molecular weight excluding hydrogens is 182 g/mol. The van der Waals surface area contributed by atoms with Crippen LogP contribution in [-0.4, -0.2) is 28.9 Å². The molecule has 5 nitrogen and oxygen atoms in total. The lowest BCUT2D eigenvalue weighted by molar-refractivity contribution is 0.356. The van der Waals surface area contributed by atoms with Crippen LogP contribution in [-0.2, 0) is 0 Å². The fourth-order valence-corrected chi connectivity index (χ4v) is 0.794. The van der Waals surface area contributed by atoms with Crippen molar-refractivity contribution >= 4 is 12.1 Å². The quantitative estimate of drug-likeness (QED) is 0.360. The molecule has 0 spiro atoms. The lowest BCUT2D eigenvalue weighted by Gasteiger charge is -1.94. The Bertz CT molecular complexity index is 361. The van der Waals surface area contributed by atoms with Gasteiger partial charge in [-0.25, -0.2) is 0 Å². The second-order valence-corrected chi connectivity index (χ2v) is 2.55. The van der Waals surface area contributed by atoms with Crippen LogP contribution in [0.1, 0.15) is 5.56 Å². The summed E-state index contributed by atoms with van der Waals surface area (Å²) in [5.74, 6) is 0.144. The van der Waals surface area contributed by atoms with Crippen LogP contribution >= 0.6 is 0 Å². The molecule has 0 aliphatic carbocycles. The first-order chi connectivity index (χ1) is 6.74. The highest BCUT2D eigenvalue weighted by Gasteiger charge is 1.93. The summed E-state index contributed by atoms with van der Waals surface area (Å²) in [6, 6.07) is 6.70. The van der Waals surface area contributed by atoms with Gasteiger partial charge < -0.3 is 15.9 Å². The lowest BCUT2D eigenvalue weighted by Crippen LogP contribution is -2.15. The molecule has 0 unspecified atom stereocenters. The third-order valence-corrected chi connectivity index (χ3v) is 1.48. The van der Waals surface area contributed by atoms with Crippen molar-refractivity contribution in [3.63, 3.8) is 0 Å². The molecule has 0 heterocycles. The number of aliphatic hydroxyl groups excluding tert-OH is 1. The van der Waals surface area contributed by atoms with Crippen LogP contribution in [0.4, 0.5) is 0 Å². The van der Waals surface area contributed by atoms with E-state index in [9.17, 15) is 5.11 Å². The van der Waals surface area contributed by atoms with Crippen molar-refractivity contribution < 1.29 is 10.2 Å². The van der Waals surface area contributed by atoms with Gasteiger partial charge >= 0.3 is 0 Å². The smallest absolute Gasteiger partial charge is 0.148 e. The number of para-hydroxylation sites is 1. The van der Waals surface area contributed by atoms with Gasteiger partial charge in [0.1, 0.15) is 18.2 Å². The number of nitrogens with zero attached hydrogens (tertiary/aromatic N) is 2. The molecule has 0 bridgehead atoms. The average Bonchev–Trinajstić information content (AvgIpc) is 2.20. The number of amidine groups is 1. The molecule has 0 saturated carbocycles. The minimum absolute atomic E-state index is 0.0247. The van der Waals surface area contributed by atoms with E-state index in [2.05, 4.69) is 10.2 Å². The van der Waals surface area contributed by atoms with Crippen molar-refractivity contribution in [1.82, 2.24) is 0 Å². The number of aromatic hydroxyl groups is 1. The first-order valence-corrected chi connectivity index (χ1v) is 3.98. The monoisotopic (exact) mass is 193 g/mol. The average molecular weight is 193 g/mol. The van der Waals surface area contributed by atoms with Crippen LogP contribution in [0.3, 0.4) is 0 Å². The van der Waals surface area contributed by atoms with Crippen LogP contribution in [0.15, 0.2) is 34.5 Å². The Morgan fingerprint density at radius 2 is 2.14 bits per heavy atom. The molecule has 14 heavy (non-hydrogen) atoms. The second kappa shape index (κ2) is 4.98. The summed E-state index contributed by atoms with van der Waals surface area (Å²) in [6.45, 7) is -0.335. The Morgan fingerprint density at radius 3 is 2.79 bits per heavy atom. The molecule has 0 aromatic heterocycles. The van der Waals surface area contributed by atoms with Gasteiger partial charge in [0.25, 0.3) is 0 Å². The minimum atomic E-state index is -0.335. The number of benzene rings is 1. The van der Waals surface area contributed by atoms with E-state index in [-0.39, 0.29) is 18.2 Å². The van der Waals surface area contributed by atoms with Gasteiger partial charge in [-0.3, -0.25) is 0 Å². The van der Waals surface area contributed by atoms with Crippen LogP contribution in [0.5, 0.6) is 5.75 Å². The molecule has 74 valence electrons. The van der Waals surface area contributed by atoms with Crippen molar-refractivity contribution in [2.75, 3.05) is 6.61 Å². The third kappa shape index (κ3) is 2.87. The van der Waals surface area contributed by atoms with E-state index in [1.165, 1.54) is 6.21 Å². The summed E-state index contributed by atoms with van der Waals surface area (Å²) in [5, 5.41) is 24.9. The number of rotatable bonds is 3. The highest BCUT2D eigenvalue weighted by atomic mass is 16.3. The summed E-state index contributed by atoms with van der Waals surface area (Å²) >= 11 is 0. The topological polar surface area (TPSA) is 91.2 Å². The molecule has 0 amide bonds. The van der Waals surface area contributed by atoms with E-state index in [0.29, 0.717) is 5.56 Å². The molecule has 0 aliphatic heterocycles. The Morgan fingerprint density at radius 1 is 1.43 bits per heavy atom. The van der Waals surface area contributed by atoms with Crippen molar-refractivity contribution in [1.29, 1.82) is 0 Å². The van der Waals surface area contributed by atoms with Crippen LogP contribution in [0.2, 0.25) is 0 Å². The Balaban J connectivity index is 2.74. The largest absolute Gasteiger partial charge is 0.507 e. The van der Waals surface area contributed by atoms with Gasteiger partial charge in [-0.2, -0.15) is 5.10 Å². The Hall–Kier alpha value is -1.88. The summed E-state index contributed by atoms with van der Waals surface area (Å²) in [7, 11) is 0. The van der Waals surface area contributed by atoms with Crippen LogP contribution in [0, 0.1) is 0 Å². The van der Waals surface area contributed by atoms with E-state index in [4.69, 9.17) is 10.8 Å². The highest BCUT2D eigenvalue weighted by molar-refractivity contribution is 5.85. The Labute approximate surface area is 81.2 Å². The van der Waals surface area contributed by atoms with Gasteiger partial charge in [-0.15, -0.1) is 5.10 Å². The highest BCUT2D eigenvalue weighted by Crippen LogP contribution is 2.12. The lowest BCUT2D eigenvalue weighted by atomic mass is 10.2. The van der Waals surface area contributed by atoms with Crippen molar-refractivity contribution in [3.05, 3.63) is 29.8 Å². The first-order valence-electron chi connectivity index (χ1n) is 3.98. The number of aliphatic hydroxyl groups is 1. The third-order valence-electron chi connectivity index (χ3n) is 1.48. The van der Waals surface area contributed by atoms with Gasteiger partial charge in [0.05, 0.1) is 6.21 Å². The van der Waals surface area contributed by atoms with E-state index in [1.54, 1.807) is 24.3 Å². The molecule has 0 radical (unpaired) electrons. The zero-order valence-corrected chi connectivity index (χ0v) is 7.46. The summed E-state index contributed by atoms with van der Waals surface area (Å²) in [4.78, 5) is 0. The van der Waals surface area contributed by atoms with Gasteiger partial charge in [0, 0.05) is 5.56 Å². The zero-order valence-electron chi connectivity index (χ0n) is 7.46. The van der Waals surface area contributed by atoms with Crippen LogP contribution in [0.25, 0.3) is 0 Å².